The summed E-state index contributed by atoms with van der Waals surface area (Å²) in [6.45, 7) is 2.25. The minimum absolute atomic E-state index is 0.364. The first-order chi connectivity index (χ1) is 9.70. The van der Waals surface area contributed by atoms with Crippen LogP contribution in [0.1, 0.15) is 67.8 Å². The van der Waals surface area contributed by atoms with Crippen LogP contribution in [0.3, 0.4) is 0 Å². The summed E-state index contributed by atoms with van der Waals surface area (Å²) in [6.07, 6.45) is 11.3. The number of benzene rings is 1. The number of aromatic carboxylic acids is 1. The zero-order chi connectivity index (χ0) is 14.4. The maximum absolute atomic E-state index is 10.8. The monoisotopic (exact) mass is 272 g/mol. The summed E-state index contributed by atoms with van der Waals surface area (Å²) in [5.74, 6) is -0.00578. The van der Waals surface area contributed by atoms with Gasteiger partial charge in [0.25, 0.3) is 0 Å². The number of carboxylic acid groups (broad SMARTS) is 1. The molecule has 0 amide bonds. The zero-order valence-corrected chi connectivity index (χ0v) is 12.3. The molecular formula is C18H24O2. The highest BCUT2D eigenvalue weighted by Crippen LogP contribution is 2.32. The van der Waals surface area contributed by atoms with Crippen molar-refractivity contribution in [2.75, 3.05) is 0 Å². The first-order valence-corrected chi connectivity index (χ1v) is 7.73. The molecule has 1 atom stereocenters. The Labute approximate surface area is 121 Å². The van der Waals surface area contributed by atoms with Gasteiger partial charge in [0.15, 0.2) is 0 Å². The maximum atomic E-state index is 10.8. The third-order valence-electron chi connectivity index (χ3n) is 4.24. The Hall–Kier alpha value is -1.57. The molecule has 1 aromatic carbocycles. The topological polar surface area (TPSA) is 37.3 Å². The van der Waals surface area contributed by atoms with Crippen LogP contribution in [0.4, 0.5) is 0 Å². The SMILES string of the molecule is CCCCCC1CC=C(c2ccc(C(=O)O)cc2)CC1. The van der Waals surface area contributed by atoms with E-state index in [4.69, 9.17) is 5.11 Å². The zero-order valence-electron chi connectivity index (χ0n) is 12.3. The molecule has 108 valence electrons. The molecule has 0 fully saturated rings. The highest BCUT2D eigenvalue weighted by molar-refractivity contribution is 5.88. The number of carbonyl (C=O) groups is 1. The van der Waals surface area contributed by atoms with Crippen LogP contribution in [0.15, 0.2) is 30.3 Å². The second kappa shape index (κ2) is 7.28. The van der Waals surface area contributed by atoms with E-state index in [0.29, 0.717) is 5.56 Å². The third kappa shape index (κ3) is 3.96. The number of allylic oxidation sites excluding steroid dienone is 2. The fourth-order valence-electron chi connectivity index (χ4n) is 2.92. The molecule has 0 aromatic heterocycles. The Morgan fingerprint density at radius 2 is 2.00 bits per heavy atom. The van der Waals surface area contributed by atoms with Crippen molar-refractivity contribution >= 4 is 11.5 Å². The van der Waals surface area contributed by atoms with E-state index in [0.717, 1.165) is 12.3 Å². The number of carboxylic acids is 1. The van der Waals surface area contributed by atoms with Crippen molar-refractivity contribution in [1.82, 2.24) is 0 Å². The summed E-state index contributed by atoms with van der Waals surface area (Å²) in [4.78, 5) is 10.8. The number of hydrogen-bond donors (Lipinski definition) is 1. The molecule has 20 heavy (non-hydrogen) atoms. The third-order valence-corrected chi connectivity index (χ3v) is 4.24. The van der Waals surface area contributed by atoms with Gasteiger partial charge in [0.1, 0.15) is 0 Å². The minimum atomic E-state index is -0.856. The smallest absolute Gasteiger partial charge is 0.335 e. The van der Waals surface area contributed by atoms with Crippen molar-refractivity contribution in [3.63, 3.8) is 0 Å². The van der Waals surface area contributed by atoms with Crippen LogP contribution in [0, 0.1) is 5.92 Å². The molecule has 0 spiro atoms. The molecule has 2 nitrogen and oxygen atoms in total. The van der Waals surface area contributed by atoms with Crippen LogP contribution >= 0.6 is 0 Å². The van der Waals surface area contributed by atoms with E-state index in [2.05, 4.69) is 13.0 Å². The summed E-state index contributed by atoms with van der Waals surface area (Å²) >= 11 is 0. The first kappa shape index (κ1) is 14.8. The maximum Gasteiger partial charge on any atom is 0.335 e. The van der Waals surface area contributed by atoms with Gasteiger partial charge in [0.05, 0.1) is 5.56 Å². The molecule has 1 unspecified atom stereocenters. The lowest BCUT2D eigenvalue weighted by molar-refractivity contribution is 0.0697. The summed E-state index contributed by atoms with van der Waals surface area (Å²) < 4.78 is 0. The van der Waals surface area contributed by atoms with Crippen molar-refractivity contribution < 1.29 is 9.90 Å². The summed E-state index contributed by atoms with van der Waals surface area (Å²) in [5, 5.41) is 8.91. The first-order valence-electron chi connectivity index (χ1n) is 7.73. The van der Waals surface area contributed by atoms with Crippen LogP contribution < -0.4 is 0 Å². The molecule has 0 saturated carbocycles. The normalized spacial score (nSPS) is 18.6. The molecule has 0 heterocycles. The molecule has 2 heteroatoms. The van der Waals surface area contributed by atoms with Crippen molar-refractivity contribution in [1.29, 1.82) is 0 Å². The van der Waals surface area contributed by atoms with Gasteiger partial charge in [-0.2, -0.15) is 0 Å². The van der Waals surface area contributed by atoms with Gasteiger partial charge in [-0.3, -0.25) is 0 Å². The van der Waals surface area contributed by atoms with Crippen LogP contribution in [-0.2, 0) is 0 Å². The molecule has 1 aliphatic carbocycles. The van der Waals surface area contributed by atoms with Gasteiger partial charge in [-0.05, 0) is 48.4 Å². The van der Waals surface area contributed by atoms with Crippen LogP contribution in [0.25, 0.3) is 5.57 Å². The standard InChI is InChI=1S/C18H24O2/c1-2-3-4-5-14-6-8-15(9-7-14)16-10-12-17(13-11-16)18(19)20/h8,10-14H,2-7,9H2,1H3,(H,19,20). The number of hydrogen-bond acceptors (Lipinski definition) is 1. The minimum Gasteiger partial charge on any atom is -0.478 e. The van der Waals surface area contributed by atoms with Crippen LogP contribution in [-0.4, -0.2) is 11.1 Å². The molecule has 1 aromatic rings. The van der Waals surface area contributed by atoms with Gasteiger partial charge in [0.2, 0.25) is 0 Å². The van der Waals surface area contributed by atoms with E-state index in [-0.39, 0.29) is 0 Å². The second-order valence-corrected chi connectivity index (χ2v) is 5.75. The van der Waals surface area contributed by atoms with Crippen LogP contribution in [0.5, 0.6) is 0 Å². The Morgan fingerprint density at radius 1 is 1.25 bits per heavy atom. The molecule has 0 aliphatic heterocycles. The van der Waals surface area contributed by atoms with E-state index in [1.807, 2.05) is 12.1 Å². The van der Waals surface area contributed by atoms with Gasteiger partial charge in [-0.25, -0.2) is 4.79 Å². The Morgan fingerprint density at radius 3 is 2.55 bits per heavy atom. The Bertz CT molecular complexity index is 471. The predicted molar refractivity (Wildman–Crippen MR) is 82.9 cm³/mol. The molecule has 2 rings (SSSR count). The van der Waals surface area contributed by atoms with Crippen molar-refractivity contribution in [2.24, 2.45) is 5.92 Å². The Balaban J connectivity index is 1.92. The molecular weight excluding hydrogens is 248 g/mol. The lowest BCUT2D eigenvalue weighted by Crippen LogP contribution is -2.05. The van der Waals surface area contributed by atoms with E-state index >= 15 is 0 Å². The fraction of sp³-hybridized carbons (Fsp3) is 0.500. The molecule has 0 bridgehead atoms. The number of unbranched alkanes of at least 4 members (excludes halogenated alkanes) is 2. The quantitative estimate of drug-likeness (QED) is 0.727. The predicted octanol–water partition coefficient (Wildman–Crippen LogP) is 5.15. The lowest BCUT2D eigenvalue weighted by Gasteiger charge is -2.22. The largest absolute Gasteiger partial charge is 0.478 e. The molecule has 0 radical (unpaired) electrons. The van der Waals surface area contributed by atoms with Crippen molar-refractivity contribution in [3.05, 3.63) is 41.5 Å². The van der Waals surface area contributed by atoms with Crippen molar-refractivity contribution in [3.8, 4) is 0 Å². The summed E-state index contributed by atoms with van der Waals surface area (Å²) in [5.41, 5.74) is 2.93. The van der Waals surface area contributed by atoms with Crippen molar-refractivity contribution in [2.45, 2.75) is 51.9 Å². The highest BCUT2D eigenvalue weighted by Gasteiger charge is 2.15. The highest BCUT2D eigenvalue weighted by atomic mass is 16.4. The van der Waals surface area contributed by atoms with E-state index in [9.17, 15) is 4.79 Å². The molecule has 1 aliphatic rings. The van der Waals surface area contributed by atoms with E-state index in [1.54, 1.807) is 12.1 Å². The van der Waals surface area contributed by atoms with E-state index < -0.39 is 5.97 Å². The van der Waals surface area contributed by atoms with Gasteiger partial charge in [-0.15, -0.1) is 0 Å². The molecule has 1 N–H and O–H groups in total. The van der Waals surface area contributed by atoms with Gasteiger partial charge >= 0.3 is 5.97 Å². The molecule has 0 saturated heterocycles. The van der Waals surface area contributed by atoms with Gasteiger partial charge in [0, 0.05) is 0 Å². The Kier molecular flexibility index (Phi) is 5.40. The van der Waals surface area contributed by atoms with Gasteiger partial charge in [-0.1, -0.05) is 50.8 Å². The van der Waals surface area contributed by atoms with Crippen LogP contribution in [0.2, 0.25) is 0 Å². The second-order valence-electron chi connectivity index (χ2n) is 5.75. The lowest BCUT2D eigenvalue weighted by atomic mass is 9.84. The number of rotatable bonds is 6. The average Bonchev–Trinajstić information content (AvgIpc) is 2.48. The van der Waals surface area contributed by atoms with E-state index in [1.165, 1.54) is 49.7 Å². The fourth-order valence-corrected chi connectivity index (χ4v) is 2.92. The summed E-state index contributed by atoms with van der Waals surface area (Å²) in [7, 11) is 0. The summed E-state index contributed by atoms with van der Waals surface area (Å²) in [6, 6.07) is 7.27. The average molecular weight is 272 g/mol. The van der Waals surface area contributed by atoms with Gasteiger partial charge < -0.3 is 5.11 Å².